The summed E-state index contributed by atoms with van der Waals surface area (Å²) in [4.78, 5) is 23.3. The van der Waals surface area contributed by atoms with E-state index in [-0.39, 0.29) is 46.6 Å². The van der Waals surface area contributed by atoms with Gasteiger partial charge in [0.15, 0.2) is 5.82 Å². The predicted molar refractivity (Wildman–Crippen MR) is 148 cm³/mol. The average molecular weight is 602 g/mol. The molecule has 0 saturated carbocycles. The van der Waals surface area contributed by atoms with Gasteiger partial charge < -0.3 is 25.0 Å². The summed E-state index contributed by atoms with van der Waals surface area (Å²) < 4.78 is 63.2. The van der Waals surface area contributed by atoms with E-state index in [0.29, 0.717) is 25.3 Å². The minimum atomic E-state index is -4.83. The van der Waals surface area contributed by atoms with Crippen LogP contribution in [-0.2, 0) is 9.53 Å². The Bertz CT molecular complexity index is 1230. The zero-order valence-electron chi connectivity index (χ0n) is 23.7. The Morgan fingerprint density at radius 3 is 2.49 bits per heavy atom. The molecule has 2 saturated heterocycles. The summed E-state index contributed by atoms with van der Waals surface area (Å²) in [5.74, 6) is -2.06. The molecule has 13 heteroatoms. The summed E-state index contributed by atoms with van der Waals surface area (Å²) in [5, 5.41) is 5.97. The first kappa shape index (κ1) is 31.1. The Labute approximate surface area is 242 Å². The Morgan fingerprint density at radius 1 is 1.17 bits per heavy atom. The fraction of sp³-hybridized carbons (Fsp3) is 0.607. The van der Waals surface area contributed by atoms with Crippen LogP contribution in [0.1, 0.15) is 59.1 Å². The van der Waals surface area contributed by atoms with Gasteiger partial charge in [0, 0.05) is 43.3 Å². The van der Waals surface area contributed by atoms with Gasteiger partial charge in [-0.25, -0.2) is 14.4 Å². The summed E-state index contributed by atoms with van der Waals surface area (Å²) in [5.41, 5.74) is 0.200. The number of hydrogen-bond donors (Lipinski definition) is 2. The number of benzene rings is 1. The summed E-state index contributed by atoms with van der Waals surface area (Å²) in [6, 6.07) is 4.27. The van der Waals surface area contributed by atoms with Crippen LogP contribution in [0.15, 0.2) is 24.4 Å². The number of hydrogen-bond acceptors (Lipinski definition) is 7. The number of carbonyl (C=O) groups is 1. The Morgan fingerprint density at radius 2 is 1.85 bits per heavy atom. The second-order valence-corrected chi connectivity index (χ2v) is 12.1. The second kappa shape index (κ2) is 12.2. The molecule has 0 bridgehead atoms. The van der Waals surface area contributed by atoms with E-state index in [0.717, 1.165) is 19.0 Å². The van der Waals surface area contributed by atoms with Gasteiger partial charge in [-0.05, 0) is 65.5 Å². The highest BCUT2D eigenvalue weighted by atomic mass is 35.5. The van der Waals surface area contributed by atoms with E-state index in [2.05, 4.69) is 25.3 Å². The van der Waals surface area contributed by atoms with Crippen molar-refractivity contribution < 1.29 is 31.8 Å². The molecule has 0 radical (unpaired) electrons. The van der Waals surface area contributed by atoms with Crippen LogP contribution in [0.25, 0.3) is 0 Å². The summed E-state index contributed by atoms with van der Waals surface area (Å²) in [6.45, 7) is 11.2. The van der Waals surface area contributed by atoms with Crippen LogP contribution in [-0.4, -0.2) is 59.6 Å². The first-order valence-electron chi connectivity index (χ1n) is 13.7. The van der Waals surface area contributed by atoms with Crippen LogP contribution in [0.3, 0.4) is 0 Å². The van der Waals surface area contributed by atoms with Crippen molar-refractivity contribution in [1.82, 2.24) is 15.3 Å². The van der Waals surface area contributed by atoms with Gasteiger partial charge in [-0.1, -0.05) is 11.6 Å². The summed E-state index contributed by atoms with van der Waals surface area (Å²) >= 11 is 5.89. The van der Waals surface area contributed by atoms with Crippen molar-refractivity contribution in [3.8, 4) is 5.75 Å². The maximum atomic E-state index is 15.0. The van der Waals surface area contributed by atoms with Crippen LogP contribution >= 0.6 is 11.6 Å². The molecule has 8 nitrogen and oxygen atoms in total. The number of aromatic nitrogens is 2. The van der Waals surface area contributed by atoms with E-state index in [9.17, 15) is 22.4 Å². The number of rotatable bonds is 8. The lowest BCUT2D eigenvalue weighted by Gasteiger charge is -2.36. The third kappa shape index (κ3) is 7.91. The van der Waals surface area contributed by atoms with Crippen LogP contribution < -0.4 is 20.3 Å². The molecular formula is C28H36ClF4N5O3. The summed E-state index contributed by atoms with van der Waals surface area (Å²) in [7, 11) is 0. The smallest absolute Gasteiger partial charge is 0.404 e. The van der Waals surface area contributed by atoms with Crippen molar-refractivity contribution in [3.05, 3.63) is 40.9 Å². The van der Waals surface area contributed by atoms with Crippen molar-refractivity contribution in [1.29, 1.82) is 0 Å². The number of carbonyl (C=O) groups excluding carboxylic acids is 1. The molecule has 4 rings (SSSR count). The SMILES string of the molecule is C[C@H](Nc1ncc(F)c([C@@H]2C(=O)NCC2[C@H](C)OC(C)(C)C)n1)C1CCN(c2ccc(Cl)c(OC(F)(F)F)c2)CC1. The maximum absolute atomic E-state index is 15.0. The van der Waals surface area contributed by atoms with Crippen molar-refractivity contribution in [2.75, 3.05) is 29.9 Å². The lowest BCUT2D eigenvalue weighted by atomic mass is 9.87. The van der Waals surface area contributed by atoms with E-state index < -0.39 is 29.4 Å². The fourth-order valence-corrected chi connectivity index (χ4v) is 5.74. The lowest BCUT2D eigenvalue weighted by molar-refractivity contribution is -0.274. The molecule has 2 aliphatic rings. The third-order valence-corrected chi connectivity index (χ3v) is 7.85. The van der Waals surface area contributed by atoms with Gasteiger partial charge in [0.1, 0.15) is 5.75 Å². The number of halogens is 5. The molecule has 4 atom stereocenters. The first-order chi connectivity index (χ1) is 19.1. The highest BCUT2D eigenvalue weighted by Crippen LogP contribution is 2.37. The molecule has 3 heterocycles. The van der Waals surface area contributed by atoms with Gasteiger partial charge in [-0.3, -0.25) is 4.79 Å². The van der Waals surface area contributed by atoms with E-state index in [1.54, 1.807) is 6.07 Å². The fourth-order valence-electron chi connectivity index (χ4n) is 5.59. The predicted octanol–water partition coefficient (Wildman–Crippen LogP) is 5.92. The van der Waals surface area contributed by atoms with Gasteiger partial charge in [-0.2, -0.15) is 0 Å². The van der Waals surface area contributed by atoms with Crippen molar-refractivity contribution in [2.24, 2.45) is 11.8 Å². The van der Waals surface area contributed by atoms with Crippen molar-refractivity contribution in [3.63, 3.8) is 0 Å². The highest BCUT2D eigenvalue weighted by Gasteiger charge is 2.43. The molecule has 2 aromatic rings. The molecule has 0 spiro atoms. The Hall–Kier alpha value is -2.86. The Balaban J connectivity index is 1.41. The standard InChI is InChI=1S/C28H36ClF4N5O3/c1-15(17-8-10-38(11-9-17)18-6-7-20(29)22(12-18)41-28(31,32)33)36-26-35-14-21(30)24(37-26)23-19(13-34-25(23)39)16(2)40-27(3,4)5/h6-7,12,14-17,19,23H,8-11,13H2,1-5H3,(H,34,39)(H,35,36,37)/t15-,16-,19?,23+/m0/s1. The van der Waals surface area contributed by atoms with Crippen LogP contribution in [0, 0.1) is 17.7 Å². The highest BCUT2D eigenvalue weighted by molar-refractivity contribution is 6.32. The molecule has 226 valence electrons. The normalized spacial score (nSPS) is 21.9. The molecule has 1 unspecified atom stereocenters. The minimum absolute atomic E-state index is 0.0356. The van der Waals surface area contributed by atoms with Gasteiger partial charge in [0.2, 0.25) is 11.9 Å². The summed E-state index contributed by atoms with van der Waals surface area (Å²) in [6.07, 6.45) is -2.58. The van der Waals surface area contributed by atoms with Gasteiger partial charge in [-0.15, -0.1) is 13.2 Å². The number of alkyl halides is 3. The number of nitrogens with zero attached hydrogens (tertiary/aromatic N) is 3. The number of amides is 1. The number of piperidine rings is 1. The monoisotopic (exact) mass is 601 g/mol. The van der Waals surface area contributed by atoms with Gasteiger partial charge >= 0.3 is 6.36 Å². The van der Waals surface area contributed by atoms with Crippen LogP contribution in [0.5, 0.6) is 5.75 Å². The van der Waals surface area contributed by atoms with Crippen molar-refractivity contribution >= 4 is 29.1 Å². The zero-order valence-corrected chi connectivity index (χ0v) is 24.4. The molecule has 0 aliphatic carbocycles. The lowest BCUT2D eigenvalue weighted by Crippen LogP contribution is -2.39. The molecule has 1 aromatic carbocycles. The van der Waals surface area contributed by atoms with Gasteiger partial charge in [0.05, 0.1) is 34.5 Å². The quantitative estimate of drug-likeness (QED) is 0.363. The molecule has 2 aliphatic heterocycles. The van der Waals surface area contributed by atoms with E-state index in [4.69, 9.17) is 16.3 Å². The molecule has 2 fully saturated rings. The van der Waals surface area contributed by atoms with Gasteiger partial charge in [0.25, 0.3) is 0 Å². The topological polar surface area (TPSA) is 88.6 Å². The average Bonchev–Trinajstić information content (AvgIpc) is 3.26. The number of nitrogens with one attached hydrogen (secondary N) is 2. The molecule has 1 amide bonds. The number of ether oxygens (including phenoxy) is 2. The maximum Gasteiger partial charge on any atom is 0.573 e. The molecule has 41 heavy (non-hydrogen) atoms. The number of anilines is 2. The first-order valence-corrected chi connectivity index (χ1v) is 14.0. The molecular weight excluding hydrogens is 566 g/mol. The largest absolute Gasteiger partial charge is 0.573 e. The Kier molecular flexibility index (Phi) is 9.22. The molecule has 2 N–H and O–H groups in total. The van der Waals surface area contributed by atoms with Crippen LogP contribution in [0.4, 0.5) is 29.2 Å². The second-order valence-electron chi connectivity index (χ2n) is 11.7. The van der Waals surface area contributed by atoms with E-state index in [1.165, 1.54) is 12.1 Å². The molecule has 1 aromatic heterocycles. The minimum Gasteiger partial charge on any atom is -0.404 e. The van der Waals surface area contributed by atoms with E-state index in [1.807, 2.05) is 39.5 Å². The van der Waals surface area contributed by atoms with Crippen molar-refractivity contribution in [2.45, 2.75) is 77.5 Å². The third-order valence-electron chi connectivity index (χ3n) is 7.54. The van der Waals surface area contributed by atoms with E-state index >= 15 is 0 Å². The van der Waals surface area contributed by atoms with Crippen LogP contribution in [0.2, 0.25) is 5.02 Å². The zero-order chi connectivity index (χ0) is 30.1.